The minimum atomic E-state index is -0.746. The van der Waals surface area contributed by atoms with Crippen molar-refractivity contribution in [2.24, 2.45) is 11.8 Å². The van der Waals surface area contributed by atoms with Crippen LogP contribution >= 0.6 is 0 Å². The molecule has 162 valence electrons. The number of fused-ring (bicyclic) bond motifs is 1. The van der Waals surface area contributed by atoms with Gasteiger partial charge in [-0.05, 0) is 17.7 Å². The van der Waals surface area contributed by atoms with Crippen molar-refractivity contribution in [3.8, 4) is 5.75 Å². The number of benzene rings is 1. The molecule has 1 aromatic carbocycles. The van der Waals surface area contributed by atoms with Gasteiger partial charge in [0.15, 0.2) is 5.82 Å². The molecule has 0 radical (unpaired) electrons. The second-order valence-corrected chi connectivity index (χ2v) is 8.37. The van der Waals surface area contributed by atoms with Crippen LogP contribution in [-0.2, 0) is 27.4 Å². The summed E-state index contributed by atoms with van der Waals surface area (Å²) in [5.74, 6) is 0.309. The van der Waals surface area contributed by atoms with E-state index in [2.05, 4.69) is 10.1 Å². The van der Waals surface area contributed by atoms with Gasteiger partial charge in [0, 0.05) is 20.5 Å². The van der Waals surface area contributed by atoms with Crippen molar-refractivity contribution >= 4 is 11.8 Å². The van der Waals surface area contributed by atoms with Crippen LogP contribution < -0.4 is 4.74 Å². The number of hydrogen-bond acceptors (Lipinski definition) is 7. The Bertz CT molecular complexity index is 1070. The highest BCUT2D eigenvalue weighted by molar-refractivity contribution is 5.93. The zero-order valence-electron chi connectivity index (χ0n) is 17.6. The molecule has 9 nitrogen and oxygen atoms in total. The number of aryl methyl sites for hydroxylation is 1. The molecule has 9 heteroatoms. The molecular formula is C22H24N4O5. The van der Waals surface area contributed by atoms with Crippen LogP contribution in [0.15, 0.2) is 40.9 Å². The average molecular weight is 424 g/mol. The first-order valence-corrected chi connectivity index (χ1v) is 10.2. The first-order chi connectivity index (χ1) is 14.9. The van der Waals surface area contributed by atoms with E-state index in [1.165, 1.54) is 0 Å². The highest BCUT2D eigenvalue weighted by atomic mass is 16.5. The Balaban J connectivity index is 1.35. The largest absolute Gasteiger partial charge is 0.497 e. The van der Waals surface area contributed by atoms with E-state index in [0.29, 0.717) is 24.8 Å². The standard InChI is InChI=1S/C22H24N4O5/c1-13-23-17(24-31-13)11-25(2)20(27)18-16-7-8-22(30-16)12-26(21(28)19(18)22)10-14-5-4-6-15(9-14)29-3/h4-9,16,18-19H,10-12H2,1-3H3/t16-,18-,19+,22-/m0/s1. The average Bonchev–Trinajstić information content (AvgIpc) is 3.50. The Kier molecular flexibility index (Phi) is 4.58. The number of hydrogen-bond donors (Lipinski definition) is 0. The number of carbonyl (C=O) groups excluding carboxylic acids is 2. The minimum absolute atomic E-state index is 0.0585. The zero-order chi connectivity index (χ0) is 21.8. The molecule has 0 unspecified atom stereocenters. The van der Waals surface area contributed by atoms with E-state index in [4.69, 9.17) is 14.0 Å². The Morgan fingerprint density at radius 2 is 2.26 bits per heavy atom. The van der Waals surface area contributed by atoms with Crippen molar-refractivity contribution < 1.29 is 23.6 Å². The number of rotatable bonds is 6. The summed E-state index contributed by atoms with van der Waals surface area (Å²) < 4.78 is 16.5. The van der Waals surface area contributed by atoms with Crippen LogP contribution in [0.3, 0.4) is 0 Å². The lowest BCUT2D eigenvalue weighted by molar-refractivity contribution is -0.143. The molecule has 2 fully saturated rings. The minimum Gasteiger partial charge on any atom is -0.497 e. The van der Waals surface area contributed by atoms with E-state index in [1.807, 2.05) is 36.4 Å². The monoisotopic (exact) mass is 424 g/mol. The maximum absolute atomic E-state index is 13.4. The van der Waals surface area contributed by atoms with Crippen LogP contribution in [-0.4, -0.2) is 64.2 Å². The van der Waals surface area contributed by atoms with E-state index in [9.17, 15) is 9.59 Å². The summed E-state index contributed by atoms with van der Waals surface area (Å²) in [5, 5.41) is 3.86. The summed E-state index contributed by atoms with van der Waals surface area (Å²) >= 11 is 0. The lowest BCUT2D eigenvalue weighted by Gasteiger charge is -2.27. The number of methoxy groups -OCH3 is 1. The predicted octanol–water partition coefficient (Wildman–Crippen LogP) is 1.33. The van der Waals surface area contributed by atoms with E-state index < -0.39 is 23.5 Å². The van der Waals surface area contributed by atoms with Gasteiger partial charge in [0.2, 0.25) is 17.7 Å². The lowest BCUT2D eigenvalue weighted by atomic mass is 9.76. The van der Waals surface area contributed by atoms with E-state index in [-0.39, 0.29) is 18.4 Å². The molecule has 2 aromatic rings. The summed E-state index contributed by atoms with van der Waals surface area (Å²) in [6.45, 7) is 2.78. The lowest BCUT2D eigenvalue weighted by Crippen LogP contribution is -2.44. The third-order valence-corrected chi connectivity index (χ3v) is 6.30. The molecule has 4 heterocycles. The number of carbonyl (C=O) groups is 2. The van der Waals surface area contributed by atoms with Crippen molar-refractivity contribution in [2.45, 2.75) is 31.7 Å². The highest BCUT2D eigenvalue weighted by Crippen LogP contribution is 2.52. The van der Waals surface area contributed by atoms with Gasteiger partial charge >= 0.3 is 0 Å². The van der Waals surface area contributed by atoms with Crippen molar-refractivity contribution in [2.75, 3.05) is 20.7 Å². The molecule has 31 heavy (non-hydrogen) atoms. The molecule has 0 saturated carbocycles. The Morgan fingerprint density at radius 1 is 1.42 bits per heavy atom. The summed E-state index contributed by atoms with van der Waals surface area (Å²) in [6.07, 6.45) is 3.47. The van der Waals surface area contributed by atoms with E-state index in [1.54, 1.807) is 30.9 Å². The highest BCUT2D eigenvalue weighted by Gasteiger charge is 2.67. The fraction of sp³-hybridized carbons (Fsp3) is 0.455. The predicted molar refractivity (Wildman–Crippen MR) is 108 cm³/mol. The Morgan fingerprint density at radius 3 is 3.00 bits per heavy atom. The topological polar surface area (TPSA) is 98.0 Å². The third kappa shape index (κ3) is 3.20. The van der Waals surface area contributed by atoms with Crippen molar-refractivity contribution in [1.82, 2.24) is 19.9 Å². The van der Waals surface area contributed by atoms with Crippen molar-refractivity contribution in [3.05, 3.63) is 53.7 Å². The number of aromatic nitrogens is 2. The molecule has 4 atom stereocenters. The summed E-state index contributed by atoms with van der Waals surface area (Å²) in [6, 6.07) is 7.64. The third-order valence-electron chi connectivity index (χ3n) is 6.30. The fourth-order valence-electron chi connectivity index (χ4n) is 4.94. The molecule has 0 N–H and O–H groups in total. The van der Waals surface area contributed by atoms with Gasteiger partial charge in [-0.2, -0.15) is 4.98 Å². The quantitative estimate of drug-likeness (QED) is 0.645. The summed E-state index contributed by atoms with van der Waals surface area (Å²) in [4.78, 5) is 34.2. The maximum Gasteiger partial charge on any atom is 0.230 e. The van der Waals surface area contributed by atoms with Gasteiger partial charge in [-0.25, -0.2) is 0 Å². The summed E-state index contributed by atoms with van der Waals surface area (Å²) in [7, 11) is 3.30. The van der Waals surface area contributed by atoms with Gasteiger partial charge in [0.1, 0.15) is 11.4 Å². The molecule has 2 amide bonds. The zero-order valence-corrected chi connectivity index (χ0v) is 17.6. The van der Waals surface area contributed by atoms with Crippen LogP contribution in [0.4, 0.5) is 0 Å². The Hall–Kier alpha value is -3.20. The van der Waals surface area contributed by atoms with E-state index >= 15 is 0 Å². The summed E-state index contributed by atoms with van der Waals surface area (Å²) in [5.41, 5.74) is 0.222. The maximum atomic E-state index is 13.4. The van der Waals surface area contributed by atoms with Crippen LogP contribution in [0.1, 0.15) is 17.3 Å². The van der Waals surface area contributed by atoms with E-state index in [0.717, 1.165) is 11.3 Å². The number of amides is 2. The van der Waals surface area contributed by atoms with Crippen LogP contribution in [0, 0.1) is 18.8 Å². The molecule has 3 aliphatic heterocycles. The van der Waals surface area contributed by atoms with Gasteiger partial charge in [-0.1, -0.05) is 29.4 Å². The molecule has 0 aliphatic carbocycles. The molecular weight excluding hydrogens is 400 g/mol. The normalized spacial score (nSPS) is 28.3. The second kappa shape index (κ2) is 7.19. The van der Waals surface area contributed by atoms with Gasteiger partial charge in [-0.15, -0.1) is 0 Å². The first kappa shape index (κ1) is 19.7. The van der Waals surface area contributed by atoms with Crippen LogP contribution in [0.25, 0.3) is 0 Å². The van der Waals surface area contributed by atoms with Gasteiger partial charge in [0.05, 0.1) is 38.1 Å². The fourth-order valence-corrected chi connectivity index (χ4v) is 4.94. The molecule has 2 bridgehead atoms. The van der Waals surface area contributed by atoms with Crippen LogP contribution in [0.2, 0.25) is 0 Å². The number of nitrogens with zero attached hydrogens (tertiary/aromatic N) is 4. The molecule has 2 saturated heterocycles. The number of ether oxygens (including phenoxy) is 2. The smallest absolute Gasteiger partial charge is 0.230 e. The van der Waals surface area contributed by atoms with Gasteiger partial charge < -0.3 is 23.8 Å². The molecule has 1 spiro atoms. The second-order valence-electron chi connectivity index (χ2n) is 8.37. The molecule has 5 rings (SSSR count). The SMILES string of the molecule is COc1cccc(CN2C[C@]34C=C[C@H](O3)[C@H](C(=O)N(C)Cc3noc(C)n3)[C@@H]4C2=O)c1. The van der Waals surface area contributed by atoms with Crippen molar-refractivity contribution in [1.29, 1.82) is 0 Å². The van der Waals surface area contributed by atoms with Crippen LogP contribution in [0.5, 0.6) is 5.75 Å². The number of likely N-dealkylation sites (tertiary alicyclic amines) is 1. The first-order valence-electron chi connectivity index (χ1n) is 10.2. The van der Waals surface area contributed by atoms with Gasteiger partial charge in [0.25, 0.3) is 0 Å². The molecule has 1 aromatic heterocycles. The molecule has 3 aliphatic rings. The Labute approximate surface area is 179 Å². The van der Waals surface area contributed by atoms with Crippen molar-refractivity contribution in [3.63, 3.8) is 0 Å². The van der Waals surface area contributed by atoms with Gasteiger partial charge in [-0.3, -0.25) is 9.59 Å².